The Morgan fingerprint density at radius 3 is 2.60 bits per heavy atom. The van der Waals surface area contributed by atoms with Crippen LogP contribution in [0.15, 0.2) is 60.8 Å². The van der Waals surface area contributed by atoms with Crippen LogP contribution in [0.2, 0.25) is 0 Å². The minimum absolute atomic E-state index is 0.0292. The third-order valence-electron chi connectivity index (χ3n) is 4.48. The lowest BCUT2D eigenvalue weighted by Gasteiger charge is -2.17. The first-order valence-electron chi connectivity index (χ1n) is 9.82. The molecule has 1 unspecified atom stereocenters. The Balaban J connectivity index is 1.70. The van der Waals surface area contributed by atoms with Gasteiger partial charge in [0.1, 0.15) is 12.6 Å². The number of esters is 1. The standard InChI is InChI=1S/C24H24N2O4/c1-2-3-9-14-29-24(28)26-22(23(27)30-17-18-10-5-4-6-11-18)15-19-16-25-21-13-8-7-12-20(19)21/h4-8,10-13,16,22,25H,2,14-15,17H2,1H3,(H,26,28). The number of hydrogen-bond donors (Lipinski definition) is 2. The number of aromatic nitrogens is 1. The van der Waals surface area contributed by atoms with E-state index < -0.39 is 18.1 Å². The molecule has 0 aliphatic heterocycles. The number of carbonyl (C=O) groups excluding carboxylic acids is 2. The number of fused-ring (bicyclic) bond motifs is 1. The zero-order valence-electron chi connectivity index (χ0n) is 16.8. The second-order valence-corrected chi connectivity index (χ2v) is 6.64. The van der Waals surface area contributed by atoms with Gasteiger partial charge in [0.25, 0.3) is 0 Å². The fourth-order valence-electron chi connectivity index (χ4n) is 3.00. The van der Waals surface area contributed by atoms with Gasteiger partial charge in [0.15, 0.2) is 6.61 Å². The van der Waals surface area contributed by atoms with Crippen LogP contribution in [0.3, 0.4) is 0 Å². The van der Waals surface area contributed by atoms with E-state index in [1.807, 2.05) is 67.7 Å². The second-order valence-electron chi connectivity index (χ2n) is 6.64. The summed E-state index contributed by atoms with van der Waals surface area (Å²) in [7, 11) is 0. The quantitative estimate of drug-likeness (QED) is 0.461. The molecule has 1 atom stereocenters. The highest BCUT2D eigenvalue weighted by Gasteiger charge is 2.24. The predicted molar refractivity (Wildman–Crippen MR) is 115 cm³/mol. The van der Waals surface area contributed by atoms with Crippen LogP contribution in [0.4, 0.5) is 4.79 Å². The summed E-state index contributed by atoms with van der Waals surface area (Å²) in [5.74, 6) is 5.03. The molecule has 0 saturated carbocycles. The van der Waals surface area contributed by atoms with Gasteiger partial charge in [-0.2, -0.15) is 0 Å². The van der Waals surface area contributed by atoms with E-state index in [2.05, 4.69) is 22.1 Å². The monoisotopic (exact) mass is 404 g/mol. The Hall–Kier alpha value is -3.72. The van der Waals surface area contributed by atoms with Crippen molar-refractivity contribution in [2.45, 2.75) is 32.4 Å². The molecule has 1 amide bonds. The van der Waals surface area contributed by atoms with Crippen LogP contribution in [-0.4, -0.2) is 29.7 Å². The van der Waals surface area contributed by atoms with Crippen molar-refractivity contribution in [2.75, 3.05) is 6.61 Å². The average molecular weight is 404 g/mol. The smallest absolute Gasteiger partial charge is 0.408 e. The van der Waals surface area contributed by atoms with Gasteiger partial charge < -0.3 is 19.8 Å². The third kappa shape index (κ3) is 5.89. The summed E-state index contributed by atoms with van der Waals surface area (Å²) in [6.07, 6.45) is 2.08. The second kappa shape index (κ2) is 10.7. The van der Waals surface area contributed by atoms with Crippen molar-refractivity contribution in [3.63, 3.8) is 0 Å². The number of hydrogen-bond acceptors (Lipinski definition) is 4. The Kier molecular flexibility index (Phi) is 7.51. The third-order valence-corrected chi connectivity index (χ3v) is 4.48. The van der Waals surface area contributed by atoms with Crippen LogP contribution >= 0.6 is 0 Å². The molecule has 3 aromatic rings. The van der Waals surface area contributed by atoms with Gasteiger partial charge in [-0.25, -0.2) is 9.59 Å². The lowest BCUT2D eigenvalue weighted by Crippen LogP contribution is -2.43. The Morgan fingerprint density at radius 2 is 1.80 bits per heavy atom. The molecule has 0 radical (unpaired) electrons. The maximum atomic E-state index is 12.8. The molecule has 154 valence electrons. The van der Waals surface area contributed by atoms with E-state index in [4.69, 9.17) is 9.47 Å². The van der Waals surface area contributed by atoms with E-state index in [0.29, 0.717) is 6.42 Å². The average Bonchev–Trinajstić information content (AvgIpc) is 3.18. The van der Waals surface area contributed by atoms with Crippen molar-refractivity contribution >= 4 is 23.0 Å². The minimum atomic E-state index is -0.889. The normalized spacial score (nSPS) is 11.2. The number of H-pyrrole nitrogens is 1. The highest BCUT2D eigenvalue weighted by atomic mass is 16.6. The summed E-state index contributed by atoms with van der Waals surface area (Å²) in [4.78, 5) is 28.1. The Morgan fingerprint density at radius 1 is 1.03 bits per heavy atom. The zero-order valence-corrected chi connectivity index (χ0v) is 16.8. The molecule has 0 fully saturated rings. The van der Waals surface area contributed by atoms with Crippen LogP contribution in [0.5, 0.6) is 0 Å². The van der Waals surface area contributed by atoms with Crippen molar-refractivity contribution in [1.82, 2.24) is 10.3 Å². The van der Waals surface area contributed by atoms with E-state index in [1.54, 1.807) is 0 Å². The lowest BCUT2D eigenvalue weighted by atomic mass is 10.1. The van der Waals surface area contributed by atoms with Crippen LogP contribution in [0.1, 0.15) is 24.5 Å². The first kappa shape index (κ1) is 21.0. The van der Waals surface area contributed by atoms with Crippen LogP contribution < -0.4 is 5.32 Å². The molecule has 0 saturated heterocycles. The van der Waals surface area contributed by atoms with Crippen LogP contribution in [-0.2, 0) is 27.3 Å². The fraction of sp³-hybridized carbons (Fsp3) is 0.250. The van der Waals surface area contributed by atoms with Crippen molar-refractivity contribution in [3.8, 4) is 11.8 Å². The van der Waals surface area contributed by atoms with Crippen molar-refractivity contribution < 1.29 is 19.1 Å². The summed E-state index contributed by atoms with van der Waals surface area (Å²) in [6.45, 7) is 2.01. The number of amides is 1. The highest BCUT2D eigenvalue weighted by Crippen LogP contribution is 2.19. The maximum absolute atomic E-state index is 12.8. The summed E-state index contributed by atoms with van der Waals surface area (Å²) in [5, 5.41) is 3.60. The first-order chi connectivity index (χ1) is 14.7. The molecule has 6 nitrogen and oxygen atoms in total. The minimum Gasteiger partial charge on any atom is -0.459 e. The van der Waals surface area contributed by atoms with Crippen LogP contribution in [0, 0.1) is 11.8 Å². The molecule has 2 N–H and O–H groups in total. The fourth-order valence-corrected chi connectivity index (χ4v) is 3.00. The number of aromatic amines is 1. The molecule has 0 aliphatic carbocycles. The zero-order chi connectivity index (χ0) is 21.2. The van der Waals surface area contributed by atoms with E-state index in [-0.39, 0.29) is 19.6 Å². The molecule has 2 aromatic carbocycles. The van der Waals surface area contributed by atoms with Gasteiger partial charge in [-0.1, -0.05) is 61.4 Å². The number of para-hydroxylation sites is 1. The number of ether oxygens (including phenoxy) is 2. The number of rotatable bonds is 7. The van der Waals surface area contributed by atoms with Crippen molar-refractivity contribution in [1.29, 1.82) is 0 Å². The SMILES string of the molecule is CCC#CCOC(=O)NC(Cc1c[nH]c2ccccc12)C(=O)OCc1ccccc1. The van der Waals surface area contributed by atoms with Gasteiger partial charge >= 0.3 is 12.1 Å². The highest BCUT2D eigenvalue weighted by molar-refractivity contribution is 5.86. The molecule has 0 spiro atoms. The van der Waals surface area contributed by atoms with Crippen molar-refractivity contribution in [3.05, 3.63) is 71.9 Å². The van der Waals surface area contributed by atoms with E-state index in [0.717, 1.165) is 22.0 Å². The van der Waals surface area contributed by atoms with E-state index in [1.165, 1.54) is 0 Å². The molecule has 0 aliphatic rings. The Labute approximate surface area is 175 Å². The van der Waals surface area contributed by atoms with E-state index >= 15 is 0 Å². The van der Waals surface area contributed by atoms with Crippen LogP contribution in [0.25, 0.3) is 10.9 Å². The van der Waals surface area contributed by atoms with Gasteiger partial charge in [0.2, 0.25) is 0 Å². The predicted octanol–water partition coefficient (Wildman–Crippen LogP) is 3.96. The molecule has 6 heteroatoms. The molecular formula is C24H24N2O4. The lowest BCUT2D eigenvalue weighted by molar-refractivity contribution is -0.147. The van der Waals surface area contributed by atoms with Gasteiger partial charge in [-0.15, -0.1) is 5.92 Å². The topological polar surface area (TPSA) is 80.4 Å². The first-order valence-corrected chi connectivity index (χ1v) is 9.82. The summed E-state index contributed by atoms with van der Waals surface area (Å²) in [6, 6.07) is 16.3. The molecule has 30 heavy (non-hydrogen) atoms. The molecule has 0 bridgehead atoms. The Bertz CT molecular complexity index is 1050. The van der Waals surface area contributed by atoms with Crippen molar-refractivity contribution in [2.24, 2.45) is 0 Å². The number of carbonyl (C=O) groups is 2. The largest absolute Gasteiger partial charge is 0.459 e. The summed E-state index contributed by atoms with van der Waals surface area (Å²) in [5.41, 5.74) is 2.73. The summed E-state index contributed by atoms with van der Waals surface area (Å²) < 4.78 is 10.5. The number of benzene rings is 2. The van der Waals surface area contributed by atoms with E-state index in [9.17, 15) is 9.59 Å². The molecule has 1 aromatic heterocycles. The maximum Gasteiger partial charge on any atom is 0.408 e. The molecule has 1 heterocycles. The summed E-state index contributed by atoms with van der Waals surface area (Å²) >= 11 is 0. The van der Waals surface area contributed by atoms with Gasteiger partial charge in [-0.3, -0.25) is 0 Å². The number of alkyl carbamates (subject to hydrolysis) is 1. The molecular weight excluding hydrogens is 380 g/mol. The molecule has 3 rings (SSSR count). The van der Waals surface area contributed by atoms with Gasteiger partial charge in [0, 0.05) is 29.9 Å². The van der Waals surface area contributed by atoms with Gasteiger partial charge in [0.05, 0.1) is 0 Å². The number of nitrogens with one attached hydrogen (secondary N) is 2. The van der Waals surface area contributed by atoms with Gasteiger partial charge in [-0.05, 0) is 17.2 Å².